The van der Waals surface area contributed by atoms with Crippen LogP contribution in [0.4, 0.5) is 0 Å². The number of aromatic nitrogens is 3. The molecule has 0 aliphatic carbocycles. The van der Waals surface area contributed by atoms with Crippen molar-refractivity contribution in [3.63, 3.8) is 0 Å². The maximum Gasteiger partial charge on any atom is 0.255 e. The molecule has 32 aromatic rings. The molecule has 3 aliphatic rings. The van der Waals surface area contributed by atoms with Crippen molar-refractivity contribution in [1.82, 2.24) is 13.2 Å². The minimum atomic E-state index is -0.125. The summed E-state index contributed by atoms with van der Waals surface area (Å²) < 4.78 is 48.5. The van der Waals surface area contributed by atoms with Gasteiger partial charge in [-0.05, 0) is 184 Å². The summed E-state index contributed by atoms with van der Waals surface area (Å²) in [7, 11) is 0. The first-order valence-corrected chi connectivity index (χ1v) is 50.2. The third-order valence-electron chi connectivity index (χ3n) is 32.1. The molecule has 0 atom stereocenters. The molecule has 0 unspecified atom stereocenters. The standard InChI is InChI=1S/C50H28BNO2.C48H28BNO2.C36H20BNO2/c1-3-15-33-29(11-1)23-25-43-46(33)51(47-34-16-4-2-12-30(34)24-26-44(47)53-43)32-14-9-13-31(27-32)35-19-10-20-37-40-28-39-36-17-5-7-21-41(36)52-42-22-8-6-18-38(42)45(48(39)52)50(40)54-49(35)37;1-3-12-29(13-4-1)31-22-24-43-39(26-31)49(40-27-32(23-25-44(40)51-43)30-14-5-2-6-15-30)38-19-11-18-34-37-28-36-33-16-7-9-20-41(33)50-42-21-10-8-17-35(42)45(46(36)50)48(37)52-47(34)38;1-5-16-29-21(10-1)24-20-25-22-12-9-15-28(37-26-13-3-7-18-31(26)39-32-19-8-4-14-27(32)37)35(22)40-36(25)33-23-11-2-6-17-30(23)38(29)34(24)33/h1-28H;1-28H;1-20H. The molecule has 0 fully saturated rings. The van der Waals surface area contributed by atoms with Gasteiger partial charge < -0.3 is 40.7 Å². The molecule has 0 saturated heterocycles. The average molecular weight is 1860 g/mol. The molecule has 12 heteroatoms. The Morgan fingerprint density at radius 2 is 0.479 bits per heavy atom. The number of hydrogen-bond donors (Lipinski definition) is 0. The van der Waals surface area contributed by atoms with E-state index >= 15 is 0 Å². The van der Waals surface area contributed by atoms with Crippen molar-refractivity contribution in [2.75, 3.05) is 0 Å². The Hall–Kier alpha value is -19.0. The summed E-state index contributed by atoms with van der Waals surface area (Å²) in [5.41, 5.74) is 34.0. The fourth-order valence-electron chi connectivity index (χ4n) is 26.0. The van der Waals surface area contributed by atoms with Crippen molar-refractivity contribution in [2.45, 2.75) is 0 Å². The number of furan rings is 3. The van der Waals surface area contributed by atoms with Gasteiger partial charge in [-0.15, -0.1) is 0 Å². The molecule has 0 N–H and O–H groups in total. The average Bonchev–Trinajstić information content (AvgIpc) is 1.51. The quantitative estimate of drug-likeness (QED) is 0.154. The minimum Gasteiger partial charge on any atom is -0.458 e. The van der Waals surface area contributed by atoms with Crippen LogP contribution in [0.3, 0.4) is 0 Å². The van der Waals surface area contributed by atoms with E-state index in [1.54, 1.807) is 0 Å². The van der Waals surface area contributed by atoms with Crippen LogP contribution in [0, 0.1) is 0 Å². The molecule has 12 heterocycles. The summed E-state index contributed by atoms with van der Waals surface area (Å²) in [4.78, 5) is 0. The number of nitrogens with zero attached hydrogens (tertiary/aromatic N) is 3. The van der Waals surface area contributed by atoms with Crippen molar-refractivity contribution in [1.29, 1.82) is 0 Å². The van der Waals surface area contributed by atoms with Gasteiger partial charge in [0.1, 0.15) is 68.0 Å². The van der Waals surface area contributed by atoms with E-state index < -0.39 is 0 Å². The highest BCUT2D eigenvalue weighted by molar-refractivity contribution is 7.00. The highest BCUT2D eigenvalue weighted by Crippen LogP contribution is 2.52. The van der Waals surface area contributed by atoms with Gasteiger partial charge in [0, 0.05) is 86.4 Å². The number of benzene rings is 23. The zero-order valence-corrected chi connectivity index (χ0v) is 78.4. The van der Waals surface area contributed by atoms with Crippen LogP contribution in [-0.4, -0.2) is 33.3 Å². The molecule has 3 aliphatic heterocycles. The summed E-state index contributed by atoms with van der Waals surface area (Å²) >= 11 is 0. The summed E-state index contributed by atoms with van der Waals surface area (Å²) in [6, 6.07) is 166. The van der Waals surface area contributed by atoms with E-state index in [1.807, 2.05) is 12.1 Å². The van der Waals surface area contributed by atoms with E-state index in [4.69, 9.17) is 27.5 Å². The Balaban J connectivity index is 0.0000000968. The van der Waals surface area contributed by atoms with Crippen LogP contribution in [0.15, 0.2) is 474 Å². The van der Waals surface area contributed by atoms with Gasteiger partial charge in [0.15, 0.2) is 0 Å². The molecule has 672 valence electrons. The van der Waals surface area contributed by atoms with Crippen LogP contribution in [0.5, 0.6) is 34.5 Å². The molecule has 9 nitrogen and oxygen atoms in total. The molecular weight excluding hydrogens is 1780 g/mol. The lowest BCUT2D eigenvalue weighted by Gasteiger charge is -2.29. The fraction of sp³-hybridized carbons (Fsp3) is 0. The van der Waals surface area contributed by atoms with Crippen LogP contribution < -0.4 is 63.4 Å². The van der Waals surface area contributed by atoms with E-state index in [9.17, 15) is 0 Å². The molecule has 9 aromatic heterocycles. The summed E-state index contributed by atoms with van der Waals surface area (Å²) in [6.45, 7) is -0.155. The predicted molar refractivity (Wildman–Crippen MR) is 609 cm³/mol. The van der Waals surface area contributed by atoms with E-state index in [0.717, 1.165) is 155 Å². The normalized spacial score (nSPS) is 12.9. The SMILES string of the molecule is c1cc(B2c3c(ccc4ccccc34)Oc3ccc4ccccc4c32)cc(-c2cccc3c2oc2c3cc3c4ccccc4n4c5ccccc5c2c34)c1.c1ccc(-c2ccc3c(c2)B(c2cccc4c2oc2c4cc4c5ccccc5n5c6ccccc6c2c45)c2cc(-c4ccccc4)ccc2O3)cc1.c1ccc2c(c1)Oc1ccccc1B2c1cccc2c1oc1c2cc2c3ccccc3n3c4ccccc4c1c23. The van der Waals surface area contributed by atoms with E-state index in [2.05, 4.69) is 462 Å². The lowest BCUT2D eigenvalue weighted by atomic mass is 9.34. The molecule has 0 bridgehead atoms. The molecule has 23 aromatic carbocycles. The molecule has 0 saturated carbocycles. The number of fused-ring (bicyclic) bond motifs is 40. The Morgan fingerprint density at radius 3 is 0.925 bits per heavy atom. The van der Waals surface area contributed by atoms with E-state index in [1.165, 1.54) is 163 Å². The van der Waals surface area contributed by atoms with Gasteiger partial charge in [-0.25, -0.2) is 0 Å². The lowest BCUT2D eigenvalue weighted by molar-refractivity contribution is 0.487. The molecule has 0 spiro atoms. The zero-order valence-electron chi connectivity index (χ0n) is 78.4. The second-order valence-corrected chi connectivity index (χ2v) is 39.6. The predicted octanol–water partition coefficient (Wildman–Crippen LogP) is 29.4. The summed E-state index contributed by atoms with van der Waals surface area (Å²) in [5.74, 6) is 5.37. The Kier molecular flexibility index (Phi) is 16.5. The van der Waals surface area contributed by atoms with Gasteiger partial charge in [-0.1, -0.05) is 376 Å². The maximum atomic E-state index is 7.26. The van der Waals surface area contributed by atoms with Crippen LogP contribution >= 0.6 is 0 Å². The van der Waals surface area contributed by atoms with E-state index in [0.29, 0.717) is 0 Å². The van der Waals surface area contributed by atoms with Gasteiger partial charge in [0.2, 0.25) is 0 Å². The highest BCUT2D eigenvalue weighted by atomic mass is 16.5. The van der Waals surface area contributed by atoms with E-state index in [-0.39, 0.29) is 20.1 Å². The van der Waals surface area contributed by atoms with Crippen molar-refractivity contribution >= 4 is 271 Å². The topological polar surface area (TPSA) is 80.3 Å². The maximum absolute atomic E-state index is 7.26. The Morgan fingerprint density at radius 1 is 0.164 bits per heavy atom. The second kappa shape index (κ2) is 30.3. The zero-order chi connectivity index (χ0) is 94.9. The number of ether oxygens (including phenoxy) is 3. The van der Waals surface area contributed by atoms with Crippen LogP contribution in [0.1, 0.15) is 0 Å². The molecule has 0 radical (unpaired) electrons. The molecule has 146 heavy (non-hydrogen) atoms. The first-order chi connectivity index (χ1) is 72.5. The molecule has 35 rings (SSSR count). The first-order valence-electron chi connectivity index (χ1n) is 50.2. The van der Waals surface area contributed by atoms with Crippen LogP contribution in [-0.2, 0) is 0 Å². The number of rotatable bonds is 6. The van der Waals surface area contributed by atoms with Crippen LogP contribution in [0.25, 0.3) is 235 Å². The number of hydrogen-bond acceptors (Lipinski definition) is 6. The second-order valence-electron chi connectivity index (χ2n) is 39.6. The monoisotopic (exact) mass is 1860 g/mol. The fourth-order valence-corrected chi connectivity index (χ4v) is 26.0. The third-order valence-corrected chi connectivity index (χ3v) is 32.1. The molecular formula is C134H76B3N3O6. The Bertz CT molecular complexity index is 11000. The van der Waals surface area contributed by atoms with Crippen molar-refractivity contribution in [3.8, 4) is 67.9 Å². The van der Waals surface area contributed by atoms with Gasteiger partial charge in [-0.2, -0.15) is 0 Å². The molecule has 0 amide bonds. The largest absolute Gasteiger partial charge is 0.458 e. The van der Waals surface area contributed by atoms with Gasteiger partial charge >= 0.3 is 0 Å². The van der Waals surface area contributed by atoms with Crippen LogP contribution in [0.2, 0.25) is 0 Å². The third kappa shape index (κ3) is 11.2. The van der Waals surface area contributed by atoms with Crippen molar-refractivity contribution in [3.05, 3.63) is 461 Å². The highest BCUT2D eigenvalue weighted by Gasteiger charge is 2.41. The first kappa shape index (κ1) is 79.7. The summed E-state index contributed by atoms with van der Waals surface area (Å²) in [5, 5.41) is 26.5. The summed E-state index contributed by atoms with van der Waals surface area (Å²) in [6.07, 6.45) is 0. The Labute approximate surface area is 834 Å². The van der Waals surface area contributed by atoms with Gasteiger partial charge in [0.25, 0.3) is 20.1 Å². The van der Waals surface area contributed by atoms with Crippen molar-refractivity contribution < 1.29 is 27.5 Å². The smallest absolute Gasteiger partial charge is 0.255 e. The minimum absolute atomic E-state index is 0.00958. The lowest BCUT2D eigenvalue weighted by Crippen LogP contribution is -2.55. The van der Waals surface area contributed by atoms with Gasteiger partial charge in [-0.3, -0.25) is 0 Å². The van der Waals surface area contributed by atoms with Crippen molar-refractivity contribution in [2.24, 2.45) is 0 Å². The van der Waals surface area contributed by atoms with Gasteiger partial charge in [0.05, 0.1) is 65.8 Å². The number of para-hydroxylation sites is 11.